The van der Waals surface area contributed by atoms with E-state index in [2.05, 4.69) is 16.8 Å². The Hall–Kier alpha value is -0.870. The maximum absolute atomic E-state index is 11.5. The van der Waals surface area contributed by atoms with E-state index >= 15 is 0 Å². The topological polar surface area (TPSA) is 32.3 Å². The zero-order valence-corrected chi connectivity index (χ0v) is 9.60. The number of nitrogens with zero attached hydrogens (tertiary/aromatic N) is 1. The minimum absolute atomic E-state index is 0.111. The SMILES string of the molecule is C[C@@H](NCc1ccsc1)C(=O)N(C)C. The van der Waals surface area contributed by atoms with Crippen molar-refractivity contribution in [2.45, 2.75) is 19.5 Å². The standard InChI is InChI=1S/C10H16N2OS/c1-8(10(13)12(2)3)11-6-9-4-5-14-7-9/h4-5,7-8,11H,6H2,1-3H3/t8-/m1/s1. The Morgan fingerprint density at radius 3 is 2.86 bits per heavy atom. The van der Waals surface area contributed by atoms with Gasteiger partial charge in [-0.15, -0.1) is 0 Å². The minimum Gasteiger partial charge on any atom is -0.347 e. The Morgan fingerprint density at radius 2 is 2.36 bits per heavy atom. The molecule has 0 saturated carbocycles. The van der Waals surface area contributed by atoms with Crippen LogP contribution in [0.1, 0.15) is 12.5 Å². The van der Waals surface area contributed by atoms with Crippen molar-refractivity contribution in [2.75, 3.05) is 14.1 Å². The average molecular weight is 212 g/mol. The Morgan fingerprint density at radius 1 is 1.64 bits per heavy atom. The first kappa shape index (κ1) is 11.2. The van der Waals surface area contributed by atoms with Gasteiger partial charge in [0.25, 0.3) is 0 Å². The van der Waals surface area contributed by atoms with Crippen LogP contribution in [0.4, 0.5) is 0 Å². The van der Waals surface area contributed by atoms with Crippen molar-refractivity contribution in [1.82, 2.24) is 10.2 Å². The highest BCUT2D eigenvalue weighted by Crippen LogP contribution is 2.05. The minimum atomic E-state index is -0.120. The normalized spacial score (nSPS) is 12.5. The monoisotopic (exact) mass is 212 g/mol. The smallest absolute Gasteiger partial charge is 0.238 e. The highest BCUT2D eigenvalue weighted by Gasteiger charge is 2.13. The molecule has 78 valence electrons. The van der Waals surface area contributed by atoms with E-state index in [9.17, 15) is 4.79 Å². The fourth-order valence-electron chi connectivity index (χ4n) is 1.14. The summed E-state index contributed by atoms with van der Waals surface area (Å²) in [5, 5.41) is 7.30. The first-order valence-electron chi connectivity index (χ1n) is 4.57. The van der Waals surface area contributed by atoms with Gasteiger partial charge in [0.1, 0.15) is 0 Å². The van der Waals surface area contributed by atoms with Gasteiger partial charge in [0.2, 0.25) is 5.91 Å². The van der Waals surface area contributed by atoms with E-state index < -0.39 is 0 Å². The van der Waals surface area contributed by atoms with Crippen LogP contribution in [-0.4, -0.2) is 30.9 Å². The lowest BCUT2D eigenvalue weighted by molar-refractivity contribution is -0.130. The van der Waals surface area contributed by atoms with Gasteiger partial charge in [-0.05, 0) is 29.3 Å². The molecule has 0 aliphatic rings. The van der Waals surface area contributed by atoms with E-state index in [-0.39, 0.29) is 11.9 Å². The lowest BCUT2D eigenvalue weighted by Crippen LogP contribution is -2.41. The highest BCUT2D eigenvalue weighted by molar-refractivity contribution is 7.07. The third kappa shape index (κ3) is 3.12. The maximum atomic E-state index is 11.5. The van der Waals surface area contributed by atoms with E-state index in [4.69, 9.17) is 0 Å². The first-order valence-corrected chi connectivity index (χ1v) is 5.51. The summed E-state index contributed by atoms with van der Waals surface area (Å²) < 4.78 is 0. The van der Waals surface area contributed by atoms with Crippen LogP contribution in [0.2, 0.25) is 0 Å². The first-order chi connectivity index (χ1) is 6.61. The largest absolute Gasteiger partial charge is 0.347 e. The summed E-state index contributed by atoms with van der Waals surface area (Å²) in [5.74, 6) is 0.111. The lowest BCUT2D eigenvalue weighted by Gasteiger charge is -2.17. The van der Waals surface area contributed by atoms with E-state index in [1.807, 2.05) is 12.3 Å². The number of likely N-dealkylation sites (N-methyl/N-ethyl adjacent to an activating group) is 1. The molecule has 4 heteroatoms. The molecular formula is C10H16N2OS. The molecule has 0 aliphatic heterocycles. The van der Waals surface area contributed by atoms with Crippen molar-refractivity contribution in [3.8, 4) is 0 Å². The maximum Gasteiger partial charge on any atom is 0.238 e. The zero-order chi connectivity index (χ0) is 10.6. The molecule has 3 nitrogen and oxygen atoms in total. The summed E-state index contributed by atoms with van der Waals surface area (Å²) in [4.78, 5) is 13.1. The van der Waals surface area contributed by atoms with Gasteiger partial charge in [-0.2, -0.15) is 11.3 Å². The van der Waals surface area contributed by atoms with Crippen molar-refractivity contribution in [1.29, 1.82) is 0 Å². The number of hydrogen-bond donors (Lipinski definition) is 1. The van der Waals surface area contributed by atoms with Gasteiger partial charge in [0, 0.05) is 20.6 Å². The van der Waals surface area contributed by atoms with E-state index in [0.29, 0.717) is 0 Å². The number of carbonyl (C=O) groups is 1. The Bertz CT molecular complexity index is 282. The second-order valence-electron chi connectivity index (χ2n) is 3.47. The molecule has 1 atom stereocenters. The Balaban J connectivity index is 2.35. The molecule has 1 heterocycles. The molecule has 0 aromatic carbocycles. The summed E-state index contributed by atoms with van der Waals surface area (Å²) in [5.41, 5.74) is 1.23. The summed E-state index contributed by atoms with van der Waals surface area (Å²) in [6.45, 7) is 2.64. The van der Waals surface area contributed by atoms with Crippen LogP contribution in [-0.2, 0) is 11.3 Å². The Labute approximate surface area is 88.7 Å². The molecule has 14 heavy (non-hydrogen) atoms. The van der Waals surface area contributed by atoms with Gasteiger partial charge >= 0.3 is 0 Å². The van der Waals surface area contributed by atoms with Crippen LogP contribution in [0.25, 0.3) is 0 Å². The van der Waals surface area contributed by atoms with Gasteiger partial charge in [-0.1, -0.05) is 0 Å². The molecule has 1 aromatic rings. The summed E-state index contributed by atoms with van der Waals surface area (Å²) in [6.07, 6.45) is 0. The lowest BCUT2D eigenvalue weighted by atomic mass is 10.2. The van der Waals surface area contributed by atoms with Crippen molar-refractivity contribution in [3.63, 3.8) is 0 Å². The van der Waals surface area contributed by atoms with Crippen LogP contribution < -0.4 is 5.32 Å². The predicted molar refractivity (Wildman–Crippen MR) is 59.3 cm³/mol. The van der Waals surface area contributed by atoms with Crippen LogP contribution in [0, 0.1) is 0 Å². The third-order valence-corrected chi connectivity index (χ3v) is 2.74. The third-order valence-electron chi connectivity index (χ3n) is 2.00. The number of thiophene rings is 1. The predicted octanol–water partition coefficient (Wildman–Crippen LogP) is 1.31. The van der Waals surface area contributed by atoms with Gasteiger partial charge in [-0.3, -0.25) is 4.79 Å². The van der Waals surface area contributed by atoms with Gasteiger partial charge in [-0.25, -0.2) is 0 Å². The van der Waals surface area contributed by atoms with Gasteiger partial charge in [0.05, 0.1) is 6.04 Å². The molecule has 0 unspecified atom stereocenters. The van der Waals surface area contributed by atoms with Crippen LogP contribution in [0.15, 0.2) is 16.8 Å². The molecule has 0 spiro atoms. The second-order valence-corrected chi connectivity index (χ2v) is 4.25. The summed E-state index contributed by atoms with van der Waals surface area (Å²) in [6, 6.07) is 1.94. The van der Waals surface area contributed by atoms with Gasteiger partial charge in [0.15, 0.2) is 0 Å². The fourth-order valence-corrected chi connectivity index (χ4v) is 1.81. The number of rotatable bonds is 4. The highest BCUT2D eigenvalue weighted by atomic mass is 32.1. The number of carbonyl (C=O) groups excluding carboxylic acids is 1. The quantitative estimate of drug-likeness (QED) is 0.816. The second kappa shape index (κ2) is 5.12. The number of hydrogen-bond acceptors (Lipinski definition) is 3. The van der Waals surface area contributed by atoms with Crippen LogP contribution in [0.5, 0.6) is 0 Å². The van der Waals surface area contributed by atoms with E-state index in [1.165, 1.54) is 5.56 Å². The molecule has 0 saturated heterocycles. The molecular weight excluding hydrogens is 196 g/mol. The molecule has 1 N–H and O–H groups in total. The fraction of sp³-hybridized carbons (Fsp3) is 0.500. The number of amides is 1. The molecule has 0 fully saturated rings. The van der Waals surface area contributed by atoms with Crippen molar-refractivity contribution in [2.24, 2.45) is 0 Å². The van der Waals surface area contributed by atoms with Crippen LogP contribution >= 0.6 is 11.3 Å². The molecule has 0 aliphatic carbocycles. The zero-order valence-electron chi connectivity index (χ0n) is 8.78. The molecule has 1 amide bonds. The van der Waals surface area contributed by atoms with Crippen LogP contribution in [0.3, 0.4) is 0 Å². The van der Waals surface area contributed by atoms with Gasteiger partial charge < -0.3 is 10.2 Å². The summed E-state index contributed by atoms with van der Waals surface area (Å²) >= 11 is 1.67. The van der Waals surface area contributed by atoms with Crippen molar-refractivity contribution in [3.05, 3.63) is 22.4 Å². The Kier molecular flexibility index (Phi) is 4.10. The van der Waals surface area contributed by atoms with E-state index in [0.717, 1.165) is 6.54 Å². The number of nitrogens with one attached hydrogen (secondary N) is 1. The van der Waals surface area contributed by atoms with Crippen molar-refractivity contribution < 1.29 is 4.79 Å². The molecule has 1 aromatic heterocycles. The summed E-state index contributed by atoms with van der Waals surface area (Å²) in [7, 11) is 3.54. The molecule has 1 rings (SSSR count). The molecule has 0 bridgehead atoms. The van der Waals surface area contributed by atoms with E-state index in [1.54, 1.807) is 30.3 Å². The average Bonchev–Trinajstić information content (AvgIpc) is 2.65. The molecule has 0 radical (unpaired) electrons. The van der Waals surface area contributed by atoms with Crippen molar-refractivity contribution >= 4 is 17.2 Å².